The predicted molar refractivity (Wildman–Crippen MR) is 165 cm³/mol. The zero-order chi connectivity index (χ0) is 31.9. The van der Waals surface area contributed by atoms with Gasteiger partial charge >= 0.3 is 5.97 Å². The van der Waals surface area contributed by atoms with Crippen molar-refractivity contribution in [1.29, 1.82) is 0 Å². The SMILES string of the molecule is C=CCCC(=O)NC[C@@H](OC(=O)[C@@H]1[C@H]2C(=O)N([C@@H](CC)CO)[C@H](C(=O)N(CC=C)CCCC)[C@]23CC[C@H]1O3)c1ccccc1. The molecule has 0 radical (unpaired) electrons. The number of aliphatic hydroxyl groups excluding tert-OH is 1. The Labute approximate surface area is 260 Å². The average Bonchev–Trinajstić information content (AvgIpc) is 3.68. The van der Waals surface area contributed by atoms with E-state index in [9.17, 15) is 24.3 Å². The molecule has 4 rings (SSSR count). The van der Waals surface area contributed by atoms with Gasteiger partial charge in [0.25, 0.3) is 0 Å². The summed E-state index contributed by atoms with van der Waals surface area (Å²) in [6, 6.07) is 7.58. The second-order valence-electron chi connectivity index (χ2n) is 11.9. The van der Waals surface area contributed by atoms with Gasteiger partial charge in [-0.2, -0.15) is 0 Å². The number of hydrogen-bond donors (Lipinski definition) is 2. The van der Waals surface area contributed by atoms with Crippen molar-refractivity contribution in [3.8, 4) is 0 Å². The summed E-state index contributed by atoms with van der Waals surface area (Å²) in [5, 5.41) is 13.1. The van der Waals surface area contributed by atoms with E-state index in [2.05, 4.69) is 18.5 Å². The summed E-state index contributed by atoms with van der Waals surface area (Å²) in [4.78, 5) is 58.2. The Morgan fingerprint density at radius 1 is 1.23 bits per heavy atom. The number of hydrogen-bond acceptors (Lipinski definition) is 7. The first kappa shape index (κ1) is 33.4. The fraction of sp³-hybridized carbons (Fsp3) is 0.588. The van der Waals surface area contributed by atoms with Crippen LogP contribution >= 0.6 is 0 Å². The lowest BCUT2D eigenvalue weighted by molar-refractivity contribution is -0.161. The van der Waals surface area contributed by atoms with Crippen LogP contribution in [-0.2, 0) is 28.7 Å². The standard InChI is InChI=1S/C34H47N3O7/c1-5-9-16-27(39)35-21-26(23-14-12-11-13-15-23)43-33(42)28-25-17-18-34(44-25)29(28)31(40)37(24(8-4)22-38)30(34)32(41)36(19-7-3)20-10-6-2/h5,7,11-15,24-26,28-30,38H,1,3,6,8-10,16-22H2,2,4H3,(H,35,39)/t24-,25+,26+,28-,29-,30+,34-/m0/s1. The minimum absolute atomic E-state index is 0.0668. The molecule has 10 nitrogen and oxygen atoms in total. The maximum atomic E-state index is 14.3. The number of rotatable bonds is 17. The van der Waals surface area contributed by atoms with Crippen molar-refractivity contribution in [3.05, 3.63) is 61.2 Å². The molecule has 0 unspecified atom stereocenters. The van der Waals surface area contributed by atoms with Crippen LogP contribution in [0.1, 0.15) is 70.5 Å². The molecule has 7 atom stereocenters. The number of nitrogens with one attached hydrogen (secondary N) is 1. The maximum Gasteiger partial charge on any atom is 0.313 e. The van der Waals surface area contributed by atoms with E-state index in [0.717, 1.165) is 12.8 Å². The van der Waals surface area contributed by atoms with E-state index < -0.39 is 47.7 Å². The molecule has 1 aromatic rings. The number of allylic oxidation sites excluding steroid dienone is 1. The van der Waals surface area contributed by atoms with Crippen molar-refractivity contribution in [3.63, 3.8) is 0 Å². The third-order valence-corrected chi connectivity index (χ3v) is 9.25. The van der Waals surface area contributed by atoms with Crippen LogP contribution in [0.2, 0.25) is 0 Å². The number of likely N-dealkylation sites (tertiary alicyclic amines) is 1. The Balaban J connectivity index is 1.65. The van der Waals surface area contributed by atoms with E-state index in [4.69, 9.17) is 9.47 Å². The van der Waals surface area contributed by atoms with Crippen LogP contribution in [0.15, 0.2) is 55.6 Å². The second kappa shape index (κ2) is 15.0. The summed E-state index contributed by atoms with van der Waals surface area (Å²) in [5.74, 6) is -3.23. The van der Waals surface area contributed by atoms with E-state index in [1.807, 2.05) is 44.2 Å². The molecule has 3 heterocycles. The molecule has 1 aromatic carbocycles. The van der Waals surface area contributed by atoms with Crippen LogP contribution in [0.4, 0.5) is 0 Å². The monoisotopic (exact) mass is 609 g/mol. The molecule has 10 heteroatoms. The molecule has 3 fully saturated rings. The number of unbranched alkanes of at least 4 members (excludes halogenated alkanes) is 1. The normalized spacial score (nSPS) is 26.5. The number of fused-ring (bicyclic) bond motifs is 1. The molecule has 0 saturated carbocycles. The van der Waals surface area contributed by atoms with Crippen molar-refractivity contribution in [2.75, 3.05) is 26.2 Å². The highest BCUT2D eigenvalue weighted by Crippen LogP contribution is 2.59. The Bertz CT molecular complexity index is 1200. The van der Waals surface area contributed by atoms with E-state index in [1.165, 1.54) is 4.90 Å². The van der Waals surface area contributed by atoms with Gasteiger partial charge in [0.2, 0.25) is 17.7 Å². The van der Waals surface area contributed by atoms with E-state index in [0.29, 0.717) is 44.3 Å². The lowest BCUT2D eigenvalue weighted by Crippen LogP contribution is -2.58. The number of nitrogens with zero attached hydrogens (tertiary/aromatic N) is 2. The van der Waals surface area contributed by atoms with Crippen LogP contribution in [0.25, 0.3) is 0 Å². The number of amides is 3. The Kier molecular flexibility index (Phi) is 11.4. The molecule has 3 aliphatic heterocycles. The summed E-state index contributed by atoms with van der Waals surface area (Å²) >= 11 is 0. The van der Waals surface area contributed by atoms with Crippen molar-refractivity contribution >= 4 is 23.7 Å². The molecule has 2 bridgehead atoms. The molecule has 0 aliphatic carbocycles. The van der Waals surface area contributed by atoms with E-state index >= 15 is 0 Å². The second-order valence-corrected chi connectivity index (χ2v) is 11.9. The van der Waals surface area contributed by atoms with Gasteiger partial charge in [-0.1, -0.05) is 62.8 Å². The highest BCUT2D eigenvalue weighted by molar-refractivity contribution is 5.98. The summed E-state index contributed by atoms with van der Waals surface area (Å²) in [6.45, 7) is 12.0. The van der Waals surface area contributed by atoms with Gasteiger partial charge in [-0.25, -0.2) is 0 Å². The van der Waals surface area contributed by atoms with Gasteiger partial charge in [0.05, 0.1) is 37.1 Å². The largest absolute Gasteiger partial charge is 0.455 e. The van der Waals surface area contributed by atoms with E-state index in [1.54, 1.807) is 17.1 Å². The molecule has 44 heavy (non-hydrogen) atoms. The first-order valence-corrected chi connectivity index (χ1v) is 15.9. The average molecular weight is 610 g/mol. The van der Waals surface area contributed by atoms with Crippen LogP contribution < -0.4 is 5.32 Å². The summed E-state index contributed by atoms with van der Waals surface area (Å²) < 4.78 is 12.6. The number of carbonyl (C=O) groups excluding carboxylic acids is 4. The molecule has 0 aromatic heterocycles. The predicted octanol–water partition coefficient (Wildman–Crippen LogP) is 3.31. The Morgan fingerprint density at radius 2 is 1.98 bits per heavy atom. The van der Waals surface area contributed by atoms with Crippen molar-refractivity contribution in [2.45, 2.75) is 88.7 Å². The highest BCUT2D eigenvalue weighted by Gasteiger charge is 2.75. The molecule has 1 spiro atoms. The summed E-state index contributed by atoms with van der Waals surface area (Å²) in [7, 11) is 0. The van der Waals surface area contributed by atoms with Gasteiger partial charge in [-0.3, -0.25) is 19.2 Å². The van der Waals surface area contributed by atoms with Gasteiger partial charge in [0.15, 0.2) is 0 Å². The van der Waals surface area contributed by atoms with Crippen molar-refractivity contribution in [1.82, 2.24) is 15.1 Å². The van der Waals surface area contributed by atoms with Crippen LogP contribution in [0.3, 0.4) is 0 Å². The smallest absolute Gasteiger partial charge is 0.313 e. The molecular formula is C34H47N3O7. The summed E-state index contributed by atoms with van der Waals surface area (Å²) in [6.07, 6.45) is 5.83. The molecule has 3 saturated heterocycles. The quantitative estimate of drug-likeness (QED) is 0.205. The number of esters is 1. The van der Waals surface area contributed by atoms with Gasteiger partial charge in [-0.15, -0.1) is 13.2 Å². The number of ether oxygens (including phenoxy) is 2. The Hall–Kier alpha value is -3.50. The lowest BCUT2D eigenvalue weighted by atomic mass is 9.70. The number of aliphatic hydroxyl groups is 1. The molecule has 3 aliphatic rings. The maximum absolute atomic E-state index is 14.3. The van der Waals surface area contributed by atoms with Gasteiger partial charge in [0.1, 0.15) is 17.7 Å². The van der Waals surface area contributed by atoms with Crippen LogP contribution in [-0.4, -0.2) is 88.6 Å². The van der Waals surface area contributed by atoms with Crippen molar-refractivity contribution < 1.29 is 33.8 Å². The third-order valence-electron chi connectivity index (χ3n) is 9.25. The van der Waals surface area contributed by atoms with Gasteiger partial charge < -0.3 is 29.7 Å². The van der Waals surface area contributed by atoms with E-state index in [-0.39, 0.29) is 37.3 Å². The van der Waals surface area contributed by atoms with Crippen molar-refractivity contribution in [2.24, 2.45) is 11.8 Å². The van der Waals surface area contributed by atoms with Gasteiger partial charge in [-0.05, 0) is 37.7 Å². The molecule has 3 amide bonds. The zero-order valence-electron chi connectivity index (χ0n) is 26.0. The first-order chi connectivity index (χ1) is 21.3. The van der Waals surface area contributed by atoms with Gasteiger partial charge in [0, 0.05) is 19.5 Å². The fourth-order valence-electron chi connectivity index (χ4n) is 7.06. The van der Waals surface area contributed by atoms with Crippen LogP contribution in [0.5, 0.6) is 0 Å². The number of carbonyl (C=O) groups is 4. The molecule has 240 valence electrons. The fourth-order valence-corrected chi connectivity index (χ4v) is 7.06. The number of benzene rings is 1. The topological polar surface area (TPSA) is 125 Å². The Morgan fingerprint density at radius 3 is 2.61 bits per heavy atom. The molecular weight excluding hydrogens is 562 g/mol. The minimum Gasteiger partial charge on any atom is -0.455 e. The minimum atomic E-state index is -1.20. The zero-order valence-corrected chi connectivity index (χ0v) is 26.0. The molecule has 2 N–H and O–H groups in total. The highest BCUT2D eigenvalue weighted by atomic mass is 16.6. The summed E-state index contributed by atoms with van der Waals surface area (Å²) in [5.41, 5.74) is -0.490. The van der Waals surface area contributed by atoms with Crippen LogP contribution in [0, 0.1) is 11.8 Å². The lowest BCUT2D eigenvalue weighted by Gasteiger charge is -2.39. The first-order valence-electron chi connectivity index (χ1n) is 15.9. The third kappa shape index (κ3) is 6.47.